The van der Waals surface area contributed by atoms with Gasteiger partial charge in [0.2, 0.25) is 0 Å². The lowest BCUT2D eigenvalue weighted by Crippen LogP contribution is -2.29. The highest BCUT2D eigenvalue weighted by molar-refractivity contribution is 6.51. The summed E-state index contributed by atoms with van der Waals surface area (Å²) in [6.45, 7) is 4.38. The third-order valence-corrected chi connectivity index (χ3v) is 5.49. The molecular weight excluding hydrogens is 421 g/mol. The molecule has 3 aromatic rings. The largest absolute Gasteiger partial charge is 0.507 e. The highest BCUT2D eigenvalue weighted by Gasteiger charge is 2.47. The van der Waals surface area contributed by atoms with Gasteiger partial charge in [-0.2, -0.15) is 0 Å². The monoisotopic (exact) mass is 445 g/mol. The van der Waals surface area contributed by atoms with Crippen LogP contribution in [0.15, 0.2) is 78.4 Å². The number of anilines is 1. The Morgan fingerprint density at radius 1 is 1.03 bits per heavy atom. The standard InChI is InChI=1S/C27H24FNO4/c1-3-14-33-22-9-5-7-19(16-22)25(30)23-24(18-10-12-20(28)13-11-18)29(27(32)26(23)31)21-8-4-6-17(2)15-21/h4-13,15-16,24,30H,3,14H2,1-2H3/b25-23+. The van der Waals surface area contributed by atoms with E-state index in [-0.39, 0.29) is 11.3 Å². The zero-order valence-corrected chi connectivity index (χ0v) is 18.4. The van der Waals surface area contributed by atoms with Crippen LogP contribution in [-0.2, 0) is 9.59 Å². The van der Waals surface area contributed by atoms with Crippen molar-refractivity contribution in [3.63, 3.8) is 0 Å². The first-order valence-corrected chi connectivity index (χ1v) is 10.8. The Kier molecular flexibility index (Phi) is 6.27. The van der Waals surface area contributed by atoms with Crippen LogP contribution < -0.4 is 9.64 Å². The molecule has 1 aliphatic heterocycles. The first-order chi connectivity index (χ1) is 15.9. The van der Waals surface area contributed by atoms with Gasteiger partial charge in [0.25, 0.3) is 11.7 Å². The number of carbonyl (C=O) groups excluding carboxylic acids is 2. The second-order valence-corrected chi connectivity index (χ2v) is 7.94. The van der Waals surface area contributed by atoms with Crippen LogP contribution in [-0.4, -0.2) is 23.4 Å². The minimum atomic E-state index is -0.910. The summed E-state index contributed by atoms with van der Waals surface area (Å²) in [5.74, 6) is -1.75. The van der Waals surface area contributed by atoms with E-state index in [4.69, 9.17) is 4.74 Å². The molecule has 33 heavy (non-hydrogen) atoms. The molecule has 6 heteroatoms. The van der Waals surface area contributed by atoms with Crippen molar-refractivity contribution in [1.29, 1.82) is 0 Å². The Morgan fingerprint density at radius 3 is 2.45 bits per heavy atom. The van der Waals surface area contributed by atoms with Crippen LogP contribution in [0.25, 0.3) is 5.76 Å². The van der Waals surface area contributed by atoms with Gasteiger partial charge in [-0.1, -0.05) is 43.3 Å². The minimum Gasteiger partial charge on any atom is -0.507 e. The van der Waals surface area contributed by atoms with E-state index < -0.39 is 23.5 Å². The van der Waals surface area contributed by atoms with Crippen LogP contribution in [0.1, 0.15) is 36.1 Å². The van der Waals surface area contributed by atoms with Gasteiger partial charge in [0, 0.05) is 11.3 Å². The smallest absolute Gasteiger partial charge is 0.300 e. The number of aryl methyl sites for hydroxylation is 1. The van der Waals surface area contributed by atoms with Crippen LogP contribution >= 0.6 is 0 Å². The van der Waals surface area contributed by atoms with Crippen molar-refractivity contribution in [2.75, 3.05) is 11.5 Å². The first kappa shape index (κ1) is 22.3. The Labute approximate surface area is 191 Å². The lowest BCUT2D eigenvalue weighted by atomic mass is 9.95. The van der Waals surface area contributed by atoms with Crippen molar-refractivity contribution in [1.82, 2.24) is 0 Å². The summed E-state index contributed by atoms with van der Waals surface area (Å²) in [7, 11) is 0. The minimum absolute atomic E-state index is 0.0549. The third-order valence-electron chi connectivity index (χ3n) is 5.49. The summed E-state index contributed by atoms with van der Waals surface area (Å²) in [5, 5.41) is 11.2. The maximum absolute atomic E-state index is 13.6. The second kappa shape index (κ2) is 9.28. The molecule has 1 N–H and O–H groups in total. The average molecular weight is 445 g/mol. The van der Waals surface area contributed by atoms with Crippen molar-refractivity contribution in [2.45, 2.75) is 26.3 Å². The van der Waals surface area contributed by atoms with Crippen molar-refractivity contribution in [2.24, 2.45) is 0 Å². The Morgan fingerprint density at radius 2 is 1.76 bits per heavy atom. The van der Waals surface area contributed by atoms with Crippen LogP contribution in [0.3, 0.4) is 0 Å². The van der Waals surface area contributed by atoms with Gasteiger partial charge in [0.05, 0.1) is 18.2 Å². The molecule has 1 unspecified atom stereocenters. The molecule has 1 fully saturated rings. The van der Waals surface area contributed by atoms with Gasteiger partial charge in [-0.3, -0.25) is 14.5 Å². The molecule has 1 atom stereocenters. The number of amides is 1. The summed E-state index contributed by atoms with van der Waals surface area (Å²) in [6, 6.07) is 18.6. The highest BCUT2D eigenvalue weighted by Crippen LogP contribution is 2.42. The molecule has 3 aromatic carbocycles. The molecule has 0 spiro atoms. The summed E-state index contributed by atoms with van der Waals surface area (Å²) in [4.78, 5) is 27.7. The summed E-state index contributed by atoms with van der Waals surface area (Å²) in [6.07, 6.45) is 0.822. The predicted molar refractivity (Wildman–Crippen MR) is 125 cm³/mol. The van der Waals surface area contributed by atoms with E-state index in [2.05, 4.69) is 0 Å². The van der Waals surface area contributed by atoms with E-state index in [9.17, 15) is 19.1 Å². The van der Waals surface area contributed by atoms with Crippen molar-refractivity contribution >= 4 is 23.1 Å². The van der Waals surface area contributed by atoms with E-state index in [0.29, 0.717) is 29.2 Å². The molecule has 0 bridgehead atoms. The van der Waals surface area contributed by atoms with Gasteiger partial charge < -0.3 is 9.84 Å². The Bertz CT molecular complexity index is 1230. The zero-order valence-electron chi connectivity index (χ0n) is 18.4. The first-order valence-electron chi connectivity index (χ1n) is 10.8. The summed E-state index contributed by atoms with van der Waals surface area (Å²) >= 11 is 0. The fourth-order valence-corrected chi connectivity index (χ4v) is 3.95. The van der Waals surface area contributed by atoms with E-state index in [1.165, 1.54) is 29.2 Å². The number of halogens is 1. The topological polar surface area (TPSA) is 66.8 Å². The quantitative estimate of drug-likeness (QED) is 0.307. The summed E-state index contributed by atoms with van der Waals surface area (Å²) in [5.41, 5.74) is 2.24. The number of aliphatic hydroxyl groups is 1. The average Bonchev–Trinajstić information content (AvgIpc) is 3.08. The third kappa shape index (κ3) is 4.37. The van der Waals surface area contributed by atoms with Gasteiger partial charge in [-0.25, -0.2) is 4.39 Å². The van der Waals surface area contributed by atoms with Crippen molar-refractivity contribution in [3.05, 3.63) is 101 Å². The number of aliphatic hydroxyl groups excluding tert-OH is 1. The number of rotatable bonds is 6. The number of ketones is 1. The highest BCUT2D eigenvalue weighted by atomic mass is 19.1. The van der Waals surface area contributed by atoms with Crippen molar-refractivity contribution < 1.29 is 23.8 Å². The van der Waals surface area contributed by atoms with E-state index in [0.717, 1.165) is 12.0 Å². The van der Waals surface area contributed by atoms with Crippen LogP contribution in [0.4, 0.5) is 10.1 Å². The number of ether oxygens (including phenoxy) is 1. The lowest BCUT2D eigenvalue weighted by Gasteiger charge is -2.25. The molecule has 1 saturated heterocycles. The number of nitrogens with zero attached hydrogens (tertiary/aromatic N) is 1. The maximum Gasteiger partial charge on any atom is 0.300 e. The molecular formula is C27H24FNO4. The van der Waals surface area contributed by atoms with Gasteiger partial charge in [-0.15, -0.1) is 0 Å². The molecule has 168 valence electrons. The molecule has 0 aliphatic carbocycles. The summed E-state index contributed by atoms with van der Waals surface area (Å²) < 4.78 is 19.3. The SMILES string of the molecule is CCCOc1cccc(/C(O)=C2\C(=O)C(=O)N(c3cccc(C)c3)C2c2ccc(F)cc2)c1. The zero-order chi connectivity index (χ0) is 23.5. The number of Topliss-reactive ketones (excluding diaryl/α,β-unsaturated/α-hetero) is 1. The van der Waals surface area contributed by atoms with E-state index in [1.807, 2.05) is 19.9 Å². The van der Waals surface area contributed by atoms with Crippen LogP contribution in [0.2, 0.25) is 0 Å². The lowest BCUT2D eigenvalue weighted by molar-refractivity contribution is -0.132. The number of hydrogen-bond acceptors (Lipinski definition) is 4. The van der Waals surface area contributed by atoms with E-state index >= 15 is 0 Å². The maximum atomic E-state index is 13.6. The molecule has 0 saturated carbocycles. The molecule has 4 rings (SSSR count). The van der Waals surface area contributed by atoms with Gasteiger partial charge >= 0.3 is 0 Å². The molecule has 1 aliphatic rings. The van der Waals surface area contributed by atoms with Crippen LogP contribution in [0.5, 0.6) is 5.75 Å². The number of hydrogen-bond donors (Lipinski definition) is 1. The number of carbonyl (C=O) groups is 2. The molecule has 1 amide bonds. The van der Waals surface area contributed by atoms with Crippen molar-refractivity contribution in [3.8, 4) is 5.75 Å². The van der Waals surface area contributed by atoms with Gasteiger partial charge in [0.15, 0.2) is 0 Å². The fourth-order valence-electron chi connectivity index (χ4n) is 3.95. The van der Waals surface area contributed by atoms with Gasteiger partial charge in [0.1, 0.15) is 17.3 Å². The fraction of sp³-hybridized carbons (Fsp3) is 0.185. The molecule has 0 radical (unpaired) electrons. The molecule has 0 aromatic heterocycles. The Balaban J connectivity index is 1.89. The normalized spacial score (nSPS) is 17.4. The van der Waals surface area contributed by atoms with Crippen LogP contribution in [0, 0.1) is 12.7 Å². The second-order valence-electron chi connectivity index (χ2n) is 7.94. The van der Waals surface area contributed by atoms with Gasteiger partial charge in [-0.05, 0) is 60.9 Å². The predicted octanol–water partition coefficient (Wildman–Crippen LogP) is 5.55. The Hall–Kier alpha value is -3.93. The molecule has 1 heterocycles. The molecule has 5 nitrogen and oxygen atoms in total. The van der Waals surface area contributed by atoms with E-state index in [1.54, 1.807) is 42.5 Å². The number of benzene rings is 3.